The van der Waals surface area contributed by atoms with Gasteiger partial charge in [-0.05, 0) is 31.7 Å². The molecule has 2 heteroatoms. The summed E-state index contributed by atoms with van der Waals surface area (Å²) in [5, 5.41) is 4.74. The molecule has 1 aromatic carbocycles. The molecule has 2 heterocycles. The smallest absolute Gasteiger partial charge is 0.0955 e. The predicted molar refractivity (Wildman–Crippen MR) is 65.3 cm³/mol. The van der Waals surface area contributed by atoms with E-state index in [1.165, 1.54) is 36.1 Å². The molecule has 0 unspecified atom stereocenters. The molecule has 82 valence electrons. The summed E-state index contributed by atoms with van der Waals surface area (Å²) in [4.78, 5) is 0. The Morgan fingerprint density at radius 3 is 2.69 bits per heavy atom. The minimum Gasteiger partial charge on any atom is -0.269 e. The summed E-state index contributed by atoms with van der Waals surface area (Å²) in [6, 6.07) is 10.5. The number of nitrogens with zero attached hydrogens (tertiary/aromatic N) is 2. The standard InChI is InChI=1S/C14H16N2/c1-11-13-9-5-6-10-16(13)15-14(11)12-7-3-2-4-8-12/h2-4,7-8H,5-6,9-10H2,1H3. The molecule has 1 aromatic heterocycles. The van der Waals surface area contributed by atoms with Crippen LogP contribution in [-0.4, -0.2) is 9.78 Å². The highest BCUT2D eigenvalue weighted by molar-refractivity contribution is 5.63. The van der Waals surface area contributed by atoms with E-state index >= 15 is 0 Å². The Labute approximate surface area is 95.9 Å². The van der Waals surface area contributed by atoms with Crippen LogP contribution < -0.4 is 0 Å². The topological polar surface area (TPSA) is 17.8 Å². The first-order valence-electron chi connectivity index (χ1n) is 5.98. The molecular formula is C14H16N2. The summed E-state index contributed by atoms with van der Waals surface area (Å²) in [5.74, 6) is 0. The van der Waals surface area contributed by atoms with Crippen LogP contribution in [0.4, 0.5) is 0 Å². The number of aromatic nitrogens is 2. The van der Waals surface area contributed by atoms with Gasteiger partial charge in [0.05, 0.1) is 5.69 Å². The summed E-state index contributed by atoms with van der Waals surface area (Å²) in [5.41, 5.74) is 5.20. The second-order valence-electron chi connectivity index (χ2n) is 4.47. The normalized spacial score (nSPS) is 14.8. The van der Waals surface area contributed by atoms with E-state index in [-0.39, 0.29) is 0 Å². The molecule has 3 rings (SSSR count). The SMILES string of the molecule is Cc1c(-c2ccccc2)nn2c1CCCC2. The zero-order valence-electron chi connectivity index (χ0n) is 9.61. The van der Waals surface area contributed by atoms with Crippen LogP contribution >= 0.6 is 0 Å². The lowest BCUT2D eigenvalue weighted by Crippen LogP contribution is -2.11. The Balaban J connectivity index is 2.12. The van der Waals surface area contributed by atoms with E-state index in [4.69, 9.17) is 5.10 Å². The van der Waals surface area contributed by atoms with Crippen LogP contribution in [0, 0.1) is 6.92 Å². The summed E-state index contributed by atoms with van der Waals surface area (Å²) >= 11 is 0. The zero-order chi connectivity index (χ0) is 11.0. The highest BCUT2D eigenvalue weighted by Gasteiger charge is 2.17. The lowest BCUT2D eigenvalue weighted by molar-refractivity contribution is 0.486. The first kappa shape index (κ1) is 9.64. The second-order valence-corrected chi connectivity index (χ2v) is 4.47. The van der Waals surface area contributed by atoms with Crippen molar-refractivity contribution >= 4 is 0 Å². The lowest BCUT2D eigenvalue weighted by atomic mass is 10.0. The van der Waals surface area contributed by atoms with Gasteiger partial charge in [0, 0.05) is 17.8 Å². The maximum atomic E-state index is 4.74. The molecule has 0 saturated heterocycles. The van der Waals surface area contributed by atoms with Crippen molar-refractivity contribution in [1.82, 2.24) is 9.78 Å². The van der Waals surface area contributed by atoms with E-state index in [9.17, 15) is 0 Å². The van der Waals surface area contributed by atoms with Crippen molar-refractivity contribution in [3.8, 4) is 11.3 Å². The Bertz CT molecular complexity index is 497. The minimum absolute atomic E-state index is 1.09. The van der Waals surface area contributed by atoms with Crippen LogP contribution in [0.3, 0.4) is 0 Å². The van der Waals surface area contributed by atoms with Gasteiger partial charge in [0.2, 0.25) is 0 Å². The molecule has 0 saturated carbocycles. The molecule has 0 fully saturated rings. The van der Waals surface area contributed by atoms with Crippen molar-refractivity contribution in [2.24, 2.45) is 0 Å². The van der Waals surface area contributed by atoms with Gasteiger partial charge in [0.15, 0.2) is 0 Å². The molecule has 1 aliphatic heterocycles. The Morgan fingerprint density at radius 2 is 1.94 bits per heavy atom. The van der Waals surface area contributed by atoms with Gasteiger partial charge in [-0.1, -0.05) is 30.3 Å². The van der Waals surface area contributed by atoms with Crippen LogP contribution in [0.1, 0.15) is 24.1 Å². The average Bonchev–Trinajstić information content (AvgIpc) is 2.69. The fourth-order valence-electron chi connectivity index (χ4n) is 2.51. The van der Waals surface area contributed by atoms with E-state index in [0.717, 1.165) is 12.2 Å². The number of hydrogen-bond donors (Lipinski definition) is 0. The summed E-state index contributed by atoms with van der Waals surface area (Å²) < 4.78 is 2.20. The number of rotatable bonds is 1. The van der Waals surface area contributed by atoms with E-state index in [2.05, 4.69) is 41.9 Å². The quantitative estimate of drug-likeness (QED) is 0.709. The first-order chi connectivity index (χ1) is 7.86. The average molecular weight is 212 g/mol. The van der Waals surface area contributed by atoms with E-state index in [1.54, 1.807) is 0 Å². The Morgan fingerprint density at radius 1 is 1.12 bits per heavy atom. The number of hydrogen-bond acceptors (Lipinski definition) is 1. The van der Waals surface area contributed by atoms with Crippen LogP contribution in [0.5, 0.6) is 0 Å². The molecule has 1 aliphatic rings. The van der Waals surface area contributed by atoms with Crippen molar-refractivity contribution in [3.63, 3.8) is 0 Å². The van der Waals surface area contributed by atoms with E-state index in [0.29, 0.717) is 0 Å². The minimum atomic E-state index is 1.09. The second kappa shape index (κ2) is 3.78. The van der Waals surface area contributed by atoms with Crippen LogP contribution in [0.2, 0.25) is 0 Å². The van der Waals surface area contributed by atoms with Crippen molar-refractivity contribution < 1.29 is 0 Å². The molecule has 0 bridgehead atoms. The molecule has 0 spiro atoms. The molecule has 0 atom stereocenters. The van der Waals surface area contributed by atoms with Gasteiger partial charge < -0.3 is 0 Å². The molecule has 0 N–H and O–H groups in total. The van der Waals surface area contributed by atoms with Crippen LogP contribution in [0.15, 0.2) is 30.3 Å². The Kier molecular flexibility index (Phi) is 2.28. The van der Waals surface area contributed by atoms with Gasteiger partial charge in [0.1, 0.15) is 0 Å². The number of benzene rings is 1. The molecule has 0 radical (unpaired) electrons. The molecule has 2 aromatic rings. The van der Waals surface area contributed by atoms with Crippen molar-refractivity contribution in [2.75, 3.05) is 0 Å². The van der Waals surface area contributed by atoms with Gasteiger partial charge in [0.25, 0.3) is 0 Å². The molecule has 0 aliphatic carbocycles. The maximum absolute atomic E-state index is 4.74. The highest BCUT2D eigenvalue weighted by atomic mass is 15.3. The van der Waals surface area contributed by atoms with Gasteiger partial charge in [-0.2, -0.15) is 5.10 Å². The molecule has 16 heavy (non-hydrogen) atoms. The number of fused-ring (bicyclic) bond motifs is 1. The highest BCUT2D eigenvalue weighted by Crippen LogP contribution is 2.27. The van der Waals surface area contributed by atoms with E-state index in [1.807, 2.05) is 0 Å². The third-order valence-electron chi connectivity index (χ3n) is 3.40. The fourth-order valence-corrected chi connectivity index (χ4v) is 2.51. The summed E-state index contributed by atoms with van der Waals surface area (Å²) in [6.07, 6.45) is 3.76. The van der Waals surface area contributed by atoms with Crippen molar-refractivity contribution in [3.05, 3.63) is 41.6 Å². The zero-order valence-corrected chi connectivity index (χ0v) is 9.61. The van der Waals surface area contributed by atoms with Gasteiger partial charge in [-0.3, -0.25) is 4.68 Å². The maximum Gasteiger partial charge on any atom is 0.0955 e. The van der Waals surface area contributed by atoms with Gasteiger partial charge in [-0.25, -0.2) is 0 Å². The summed E-state index contributed by atoms with van der Waals surface area (Å²) in [7, 11) is 0. The summed E-state index contributed by atoms with van der Waals surface area (Å²) in [6.45, 7) is 3.29. The third-order valence-corrected chi connectivity index (χ3v) is 3.40. The molecule has 2 nitrogen and oxygen atoms in total. The third kappa shape index (κ3) is 1.45. The van der Waals surface area contributed by atoms with Crippen LogP contribution in [-0.2, 0) is 13.0 Å². The molecular weight excluding hydrogens is 196 g/mol. The number of aryl methyl sites for hydroxylation is 1. The van der Waals surface area contributed by atoms with Crippen LogP contribution in [0.25, 0.3) is 11.3 Å². The van der Waals surface area contributed by atoms with Crippen molar-refractivity contribution in [1.29, 1.82) is 0 Å². The fraction of sp³-hybridized carbons (Fsp3) is 0.357. The molecule has 0 amide bonds. The monoisotopic (exact) mass is 212 g/mol. The van der Waals surface area contributed by atoms with E-state index < -0.39 is 0 Å². The lowest BCUT2D eigenvalue weighted by Gasteiger charge is -2.13. The first-order valence-corrected chi connectivity index (χ1v) is 5.98. The predicted octanol–water partition coefficient (Wildman–Crippen LogP) is 3.19. The van der Waals surface area contributed by atoms with Gasteiger partial charge >= 0.3 is 0 Å². The Hall–Kier alpha value is -1.57. The van der Waals surface area contributed by atoms with Crippen molar-refractivity contribution in [2.45, 2.75) is 32.7 Å². The largest absolute Gasteiger partial charge is 0.269 e. The van der Waals surface area contributed by atoms with Gasteiger partial charge in [-0.15, -0.1) is 0 Å².